The molecule has 7 heteroatoms. The number of hydrogen-bond donors (Lipinski definition) is 0. The highest BCUT2D eigenvalue weighted by molar-refractivity contribution is 6.29. The van der Waals surface area contributed by atoms with Crippen LogP contribution >= 0.6 is 11.6 Å². The molecule has 0 aliphatic carbocycles. The second kappa shape index (κ2) is 10.5. The maximum atomic E-state index is 12.9. The van der Waals surface area contributed by atoms with E-state index >= 15 is 0 Å². The number of ether oxygens (including phenoxy) is 2. The van der Waals surface area contributed by atoms with Gasteiger partial charge in [0.05, 0.1) is 27.3 Å². The zero-order valence-corrected chi connectivity index (χ0v) is 17.8. The van der Waals surface area contributed by atoms with Gasteiger partial charge in [-0.05, 0) is 35.4 Å². The Labute approximate surface area is 174 Å². The maximum Gasteiger partial charge on any atom is 0.332 e. The minimum absolute atomic E-state index is 0.104. The summed E-state index contributed by atoms with van der Waals surface area (Å²) in [5.74, 6) is 1.43. The van der Waals surface area contributed by atoms with Gasteiger partial charge in [-0.1, -0.05) is 49.7 Å². The second-order valence-corrected chi connectivity index (χ2v) is 6.34. The number of halogens is 1. The summed E-state index contributed by atoms with van der Waals surface area (Å²) in [6, 6.07) is 15.8. The molecule has 0 atom stereocenters. The predicted octanol–water partition coefficient (Wildman–Crippen LogP) is 3.80. The largest absolute Gasteiger partial charge is 0.497 e. The van der Waals surface area contributed by atoms with E-state index in [1.54, 1.807) is 26.4 Å². The van der Waals surface area contributed by atoms with Gasteiger partial charge < -0.3 is 9.47 Å². The average molecular weight is 417 g/mol. The van der Waals surface area contributed by atoms with E-state index in [4.69, 9.17) is 21.1 Å². The highest BCUT2D eigenvalue weighted by Crippen LogP contribution is 2.14. The standard InChI is InChI=1S/C20H19ClN2O4.C2H6/c1-26-16-7-3-14(4-8-16)12-22-18(21)11-19(24)23(20(22)25)13-15-5-9-17(27-2)10-6-15;1-2/h3-11H,12-13H2,1-2H3;1-2H3. The smallest absolute Gasteiger partial charge is 0.332 e. The summed E-state index contributed by atoms with van der Waals surface area (Å²) in [5, 5.41) is 0.104. The van der Waals surface area contributed by atoms with Crippen LogP contribution in [-0.4, -0.2) is 23.4 Å². The highest BCUT2D eigenvalue weighted by atomic mass is 35.5. The lowest BCUT2D eigenvalue weighted by molar-refractivity contribution is 0.414. The van der Waals surface area contributed by atoms with Gasteiger partial charge in [0.25, 0.3) is 5.56 Å². The topological polar surface area (TPSA) is 62.5 Å². The number of rotatable bonds is 6. The summed E-state index contributed by atoms with van der Waals surface area (Å²) >= 11 is 6.17. The van der Waals surface area contributed by atoms with Crippen molar-refractivity contribution in [3.8, 4) is 11.5 Å². The van der Waals surface area contributed by atoms with Gasteiger partial charge in [-0.2, -0.15) is 0 Å². The molecule has 0 saturated heterocycles. The summed E-state index contributed by atoms with van der Waals surface area (Å²) in [5.41, 5.74) is 0.786. The van der Waals surface area contributed by atoms with E-state index in [1.165, 1.54) is 10.6 Å². The third-order valence-corrected chi connectivity index (χ3v) is 4.54. The predicted molar refractivity (Wildman–Crippen MR) is 116 cm³/mol. The van der Waals surface area contributed by atoms with E-state index in [0.29, 0.717) is 5.75 Å². The van der Waals surface area contributed by atoms with Gasteiger partial charge in [-0.25, -0.2) is 4.79 Å². The lowest BCUT2D eigenvalue weighted by Gasteiger charge is -2.13. The average Bonchev–Trinajstić information content (AvgIpc) is 2.76. The Hall–Kier alpha value is -2.99. The Morgan fingerprint density at radius 3 is 1.59 bits per heavy atom. The van der Waals surface area contributed by atoms with Crippen molar-refractivity contribution in [2.45, 2.75) is 26.9 Å². The Kier molecular flexibility index (Phi) is 8.09. The monoisotopic (exact) mass is 416 g/mol. The van der Waals surface area contributed by atoms with Crippen LogP contribution in [0.1, 0.15) is 25.0 Å². The lowest BCUT2D eigenvalue weighted by atomic mass is 10.2. The molecule has 0 spiro atoms. The fourth-order valence-corrected chi connectivity index (χ4v) is 2.93. The summed E-state index contributed by atoms with van der Waals surface area (Å²) in [6.45, 7) is 4.41. The molecule has 0 unspecified atom stereocenters. The molecule has 0 radical (unpaired) electrons. The molecule has 29 heavy (non-hydrogen) atoms. The Bertz CT molecular complexity index is 1040. The van der Waals surface area contributed by atoms with Crippen molar-refractivity contribution in [1.29, 1.82) is 0 Å². The van der Waals surface area contributed by atoms with Gasteiger partial charge in [0.15, 0.2) is 0 Å². The van der Waals surface area contributed by atoms with E-state index in [-0.39, 0.29) is 18.2 Å². The van der Waals surface area contributed by atoms with E-state index in [2.05, 4.69) is 0 Å². The van der Waals surface area contributed by atoms with Crippen LogP contribution in [0.3, 0.4) is 0 Å². The molecule has 2 aromatic carbocycles. The molecule has 154 valence electrons. The van der Waals surface area contributed by atoms with Crippen molar-refractivity contribution in [3.63, 3.8) is 0 Å². The fourth-order valence-electron chi connectivity index (χ4n) is 2.70. The molecular formula is C22H25ClN2O4. The van der Waals surface area contributed by atoms with Crippen LogP contribution in [0, 0.1) is 0 Å². The van der Waals surface area contributed by atoms with Crippen LogP contribution in [0.4, 0.5) is 0 Å². The Morgan fingerprint density at radius 1 is 0.759 bits per heavy atom. The molecule has 0 saturated carbocycles. The van der Waals surface area contributed by atoms with E-state index < -0.39 is 11.2 Å². The second-order valence-electron chi connectivity index (χ2n) is 5.96. The number of aromatic nitrogens is 2. The summed E-state index contributed by atoms with van der Waals surface area (Å²) in [6.07, 6.45) is 0. The summed E-state index contributed by atoms with van der Waals surface area (Å²) in [7, 11) is 3.17. The molecule has 0 fully saturated rings. The van der Waals surface area contributed by atoms with Crippen molar-refractivity contribution in [1.82, 2.24) is 9.13 Å². The molecule has 0 aliphatic rings. The van der Waals surface area contributed by atoms with Gasteiger partial charge in [0.1, 0.15) is 16.7 Å². The maximum absolute atomic E-state index is 12.9. The fraction of sp³-hybridized carbons (Fsp3) is 0.273. The van der Waals surface area contributed by atoms with Crippen molar-refractivity contribution in [3.05, 3.63) is 91.7 Å². The molecule has 0 bridgehead atoms. The van der Waals surface area contributed by atoms with Crippen LogP contribution in [0.25, 0.3) is 0 Å². The van der Waals surface area contributed by atoms with Crippen LogP contribution < -0.4 is 20.7 Å². The molecule has 3 aromatic rings. The van der Waals surface area contributed by atoms with E-state index in [1.807, 2.05) is 50.2 Å². The zero-order valence-electron chi connectivity index (χ0n) is 17.0. The number of methoxy groups -OCH3 is 2. The molecule has 0 amide bonds. The van der Waals surface area contributed by atoms with Crippen LogP contribution in [-0.2, 0) is 13.1 Å². The van der Waals surface area contributed by atoms with Crippen molar-refractivity contribution < 1.29 is 9.47 Å². The molecule has 3 rings (SSSR count). The molecule has 1 aromatic heterocycles. The van der Waals surface area contributed by atoms with Crippen LogP contribution in [0.5, 0.6) is 11.5 Å². The first-order valence-corrected chi connectivity index (χ1v) is 9.65. The first kappa shape index (κ1) is 22.3. The first-order chi connectivity index (χ1) is 14.0. The number of benzene rings is 2. The van der Waals surface area contributed by atoms with Gasteiger partial charge in [0, 0.05) is 6.07 Å². The molecule has 0 aliphatic heterocycles. The van der Waals surface area contributed by atoms with Crippen molar-refractivity contribution in [2.75, 3.05) is 14.2 Å². The normalized spacial score (nSPS) is 10.1. The minimum atomic E-state index is -0.459. The van der Waals surface area contributed by atoms with Gasteiger partial charge >= 0.3 is 5.69 Å². The number of hydrogen-bond acceptors (Lipinski definition) is 4. The highest BCUT2D eigenvalue weighted by Gasteiger charge is 2.11. The van der Waals surface area contributed by atoms with Gasteiger partial charge in [-0.3, -0.25) is 13.9 Å². The van der Waals surface area contributed by atoms with Crippen LogP contribution in [0.15, 0.2) is 64.2 Å². The quantitative estimate of drug-likeness (QED) is 0.573. The Morgan fingerprint density at radius 2 is 1.17 bits per heavy atom. The summed E-state index contributed by atoms with van der Waals surface area (Å²) in [4.78, 5) is 25.2. The lowest BCUT2D eigenvalue weighted by Crippen LogP contribution is -2.40. The SMILES string of the molecule is CC.COc1ccc(Cn2c(Cl)cc(=O)n(Cc3ccc(OC)cc3)c2=O)cc1. The molecule has 6 nitrogen and oxygen atoms in total. The van der Waals surface area contributed by atoms with E-state index in [0.717, 1.165) is 21.4 Å². The third kappa shape index (κ3) is 5.51. The van der Waals surface area contributed by atoms with E-state index in [9.17, 15) is 9.59 Å². The van der Waals surface area contributed by atoms with Crippen molar-refractivity contribution in [2.24, 2.45) is 0 Å². The molecular weight excluding hydrogens is 392 g/mol. The van der Waals surface area contributed by atoms with Crippen LogP contribution in [0.2, 0.25) is 5.15 Å². The first-order valence-electron chi connectivity index (χ1n) is 9.28. The molecule has 1 heterocycles. The van der Waals surface area contributed by atoms with Gasteiger partial charge in [0.2, 0.25) is 0 Å². The molecule has 0 N–H and O–H groups in total. The Balaban J connectivity index is 0.00000145. The zero-order chi connectivity index (χ0) is 21.4. The number of nitrogens with zero attached hydrogens (tertiary/aromatic N) is 2. The summed E-state index contributed by atoms with van der Waals surface area (Å²) < 4.78 is 12.8. The minimum Gasteiger partial charge on any atom is -0.497 e. The third-order valence-electron chi connectivity index (χ3n) is 4.23. The van der Waals surface area contributed by atoms with Gasteiger partial charge in [-0.15, -0.1) is 0 Å². The van der Waals surface area contributed by atoms with Crippen molar-refractivity contribution >= 4 is 11.6 Å².